The summed E-state index contributed by atoms with van der Waals surface area (Å²) < 4.78 is 0. The Morgan fingerprint density at radius 3 is 2.48 bits per heavy atom. The monoisotopic (exact) mass is 328 g/mol. The molecule has 0 bridgehead atoms. The second kappa shape index (κ2) is 7.16. The summed E-state index contributed by atoms with van der Waals surface area (Å²) >= 11 is 6.16. The summed E-state index contributed by atoms with van der Waals surface area (Å²) in [4.78, 5) is 14.6. The van der Waals surface area contributed by atoms with Gasteiger partial charge in [-0.1, -0.05) is 60.1 Å². The van der Waals surface area contributed by atoms with E-state index in [1.165, 1.54) is 5.56 Å². The van der Waals surface area contributed by atoms with Crippen molar-refractivity contribution in [1.82, 2.24) is 4.90 Å². The summed E-state index contributed by atoms with van der Waals surface area (Å²) in [6.45, 7) is 2.05. The van der Waals surface area contributed by atoms with Crippen LogP contribution in [0.15, 0.2) is 54.6 Å². The fourth-order valence-corrected chi connectivity index (χ4v) is 3.51. The summed E-state index contributed by atoms with van der Waals surface area (Å²) in [7, 11) is 0. The lowest BCUT2D eigenvalue weighted by atomic mass is 9.89. The minimum absolute atomic E-state index is 0.120. The molecule has 120 valence electrons. The summed E-state index contributed by atoms with van der Waals surface area (Å²) in [6, 6.07) is 17.8. The number of nitrogens with two attached hydrogens (primary N) is 1. The zero-order valence-corrected chi connectivity index (χ0v) is 13.7. The summed E-state index contributed by atoms with van der Waals surface area (Å²) in [6.07, 6.45) is 0.346. The smallest absolute Gasteiger partial charge is 0.227 e. The molecule has 23 heavy (non-hydrogen) atoms. The van der Waals surface area contributed by atoms with Crippen LogP contribution in [-0.4, -0.2) is 30.4 Å². The van der Waals surface area contributed by atoms with Gasteiger partial charge in [0.1, 0.15) is 0 Å². The molecule has 0 spiro atoms. The van der Waals surface area contributed by atoms with Gasteiger partial charge < -0.3 is 10.6 Å². The van der Waals surface area contributed by atoms with Crippen molar-refractivity contribution in [1.29, 1.82) is 0 Å². The van der Waals surface area contributed by atoms with Gasteiger partial charge in [0.05, 0.1) is 6.42 Å². The maximum atomic E-state index is 12.6. The molecule has 2 N–H and O–H groups in total. The molecule has 1 amide bonds. The van der Waals surface area contributed by atoms with Gasteiger partial charge in [-0.2, -0.15) is 0 Å². The third-order valence-corrected chi connectivity index (χ3v) is 4.99. The first kappa shape index (κ1) is 16.0. The van der Waals surface area contributed by atoms with E-state index in [0.717, 1.165) is 18.7 Å². The molecule has 1 heterocycles. The molecule has 0 aromatic heterocycles. The Bertz CT molecular complexity index is 674. The normalized spacial score (nSPS) is 20.7. The molecule has 3 rings (SSSR count). The van der Waals surface area contributed by atoms with Gasteiger partial charge in [0.25, 0.3) is 0 Å². The van der Waals surface area contributed by atoms with E-state index in [1.807, 2.05) is 47.4 Å². The first-order valence-corrected chi connectivity index (χ1v) is 8.33. The van der Waals surface area contributed by atoms with Crippen LogP contribution in [0.3, 0.4) is 0 Å². The van der Waals surface area contributed by atoms with Crippen LogP contribution in [0.1, 0.15) is 17.0 Å². The Balaban J connectivity index is 1.72. The molecule has 1 aliphatic heterocycles. The molecule has 3 nitrogen and oxygen atoms in total. The van der Waals surface area contributed by atoms with Crippen molar-refractivity contribution in [3.8, 4) is 0 Å². The van der Waals surface area contributed by atoms with Crippen LogP contribution in [0.4, 0.5) is 0 Å². The van der Waals surface area contributed by atoms with Crippen molar-refractivity contribution in [2.45, 2.75) is 12.3 Å². The lowest BCUT2D eigenvalue weighted by Gasteiger charge is -2.17. The number of likely N-dealkylation sites (tertiary alicyclic amines) is 1. The van der Waals surface area contributed by atoms with Gasteiger partial charge in [0.15, 0.2) is 0 Å². The number of hydrogen-bond acceptors (Lipinski definition) is 2. The molecule has 1 saturated heterocycles. The topological polar surface area (TPSA) is 46.3 Å². The maximum Gasteiger partial charge on any atom is 0.227 e. The van der Waals surface area contributed by atoms with Crippen LogP contribution in [0, 0.1) is 5.92 Å². The third-order valence-electron chi connectivity index (χ3n) is 4.62. The Hall–Kier alpha value is -1.84. The van der Waals surface area contributed by atoms with Gasteiger partial charge in [-0.05, 0) is 29.7 Å². The van der Waals surface area contributed by atoms with Crippen molar-refractivity contribution in [2.75, 3.05) is 19.6 Å². The summed E-state index contributed by atoms with van der Waals surface area (Å²) in [5.41, 5.74) is 8.08. The predicted molar refractivity (Wildman–Crippen MR) is 93.5 cm³/mol. The van der Waals surface area contributed by atoms with E-state index in [-0.39, 0.29) is 5.91 Å². The van der Waals surface area contributed by atoms with Gasteiger partial charge in [-0.3, -0.25) is 4.79 Å². The van der Waals surface area contributed by atoms with Crippen LogP contribution in [0.25, 0.3) is 0 Å². The van der Waals surface area contributed by atoms with Crippen molar-refractivity contribution >= 4 is 17.5 Å². The Kier molecular flexibility index (Phi) is 4.99. The molecule has 2 aromatic rings. The summed E-state index contributed by atoms with van der Waals surface area (Å²) in [5, 5.41) is 0.648. The standard InChI is InChI=1S/C19H21ClN2O/c20-18-9-5-4-8-15(18)10-19(23)22-12-16(11-21)17(13-22)14-6-2-1-3-7-14/h1-9,16-17H,10-13,21H2/t16-,17+/m1/s1. The number of benzene rings is 2. The van der Waals surface area contributed by atoms with E-state index in [4.69, 9.17) is 17.3 Å². The predicted octanol–water partition coefficient (Wildman–Crippen LogP) is 3.08. The van der Waals surface area contributed by atoms with Crippen molar-refractivity contribution in [2.24, 2.45) is 11.7 Å². The number of halogens is 1. The second-order valence-electron chi connectivity index (χ2n) is 6.08. The van der Waals surface area contributed by atoms with E-state index < -0.39 is 0 Å². The Morgan fingerprint density at radius 2 is 1.78 bits per heavy atom. The highest BCUT2D eigenvalue weighted by Crippen LogP contribution is 2.32. The fourth-order valence-electron chi connectivity index (χ4n) is 3.31. The lowest BCUT2D eigenvalue weighted by Crippen LogP contribution is -2.31. The number of nitrogens with zero attached hydrogens (tertiary/aromatic N) is 1. The van der Waals surface area contributed by atoms with Gasteiger partial charge in [-0.25, -0.2) is 0 Å². The van der Waals surface area contributed by atoms with Crippen molar-refractivity contribution in [3.63, 3.8) is 0 Å². The van der Waals surface area contributed by atoms with Crippen LogP contribution in [0.2, 0.25) is 5.02 Å². The average Bonchev–Trinajstić information content (AvgIpc) is 3.02. The first-order chi connectivity index (χ1) is 11.2. The highest BCUT2D eigenvalue weighted by atomic mass is 35.5. The largest absolute Gasteiger partial charge is 0.341 e. The highest BCUT2D eigenvalue weighted by Gasteiger charge is 2.35. The van der Waals surface area contributed by atoms with E-state index in [2.05, 4.69) is 12.1 Å². The minimum atomic E-state index is 0.120. The van der Waals surface area contributed by atoms with Gasteiger partial charge in [0.2, 0.25) is 5.91 Å². The van der Waals surface area contributed by atoms with Gasteiger partial charge in [-0.15, -0.1) is 0 Å². The molecule has 0 unspecified atom stereocenters. The molecule has 4 heteroatoms. The molecule has 2 atom stereocenters. The molecular weight excluding hydrogens is 308 g/mol. The minimum Gasteiger partial charge on any atom is -0.341 e. The second-order valence-corrected chi connectivity index (χ2v) is 6.49. The molecule has 1 aliphatic rings. The highest BCUT2D eigenvalue weighted by molar-refractivity contribution is 6.31. The number of hydrogen-bond donors (Lipinski definition) is 1. The number of rotatable bonds is 4. The van der Waals surface area contributed by atoms with Crippen LogP contribution >= 0.6 is 11.6 Å². The average molecular weight is 329 g/mol. The number of carbonyl (C=O) groups is 1. The van der Waals surface area contributed by atoms with Crippen molar-refractivity contribution in [3.05, 3.63) is 70.7 Å². The fraction of sp³-hybridized carbons (Fsp3) is 0.316. The van der Waals surface area contributed by atoms with Crippen LogP contribution in [0.5, 0.6) is 0 Å². The summed E-state index contributed by atoms with van der Waals surface area (Å²) in [5.74, 6) is 0.749. The Labute approximate surface area is 142 Å². The zero-order chi connectivity index (χ0) is 16.2. The lowest BCUT2D eigenvalue weighted by molar-refractivity contribution is -0.129. The first-order valence-electron chi connectivity index (χ1n) is 7.95. The van der Waals surface area contributed by atoms with Gasteiger partial charge >= 0.3 is 0 Å². The SMILES string of the molecule is NC[C@@H]1CN(C(=O)Cc2ccccc2Cl)C[C@H]1c1ccccc1. The van der Waals surface area contributed by atoms with Gasteiger partial charge in [0, 0.05) is 24.0 Å². The number of amides is 1. The van der Waals surface area contributed by atoms with Crippen molar-refractivity contribution < 1.29 is 4.79 Å². The molecule has 0 saturated carbocycles. The molecule has 2 aromatic carbocycles. The quantitative estimate of drug-likeness (QED) is 0.937. The van der Waals surface area contributed by atoms with E-state index >= 15 is 0 Å². The number of carbonyl (C=O) groups excluding carboxylic acids is 1. The molecule has 0 aliphatic carbocycles. The van der Waals surface area contributed by atoms with E-state index in [1.54, 1.807) is 0 Å². The maximum absolute atomic E-state index is 12.6. The van der Waals surface area contributed by atoms with Crippen LogP contribution in [-0.2, 0) is 11.2 Å². The molecule has 0 radical (unpaired) electrons. The van der Waals surface area contributed by atoms with E-state index in [0.29, 0.717) is 29.8 Å². The van der Waals surface area contributed by atoms with Crippen LogP contribution < -0.4 is 5.73 Å². The van der Waals surface area contributed by atoms with E-state index in [9.17, 15) is 4.79 Å². The molecular formula is C19H21ClN2O. The zero-order valence-electron chi connectivity index (χ0n) is 13.0. The molecule has 1 fully saturated rings. The Morgan fingerprint density at radius 1 is 1.09 bits per heavy atom. The third kappa shape index (κ3) is 3.57.